The molecule has 0 amide bonds. The van der Waals surface area contributed by atoms with E-state index in [-0.39, 0.29) is 0 Å². The smallest absolute Gasteiger partial charge is 0.270 e. The van der Waals surface area contributed by atoms with Gasteiger partial charge in [-0.05, 0) is 0 Å². The average Bonchev–Trinajstić information content (AvgIpc) is 2.76. The highest BCUT2D eigenvalue weighted by atomic mass is 15.3. The molecule has 0 aromatic rings. The number of nitrogens with one attached hydrogen (secondary N) is 2. The quantitative estimate of drug-likeness (QED) is 0.197. The predicted molar refractivity (Wildman–Crippen MR) is 161 cm³/mol. The van der Waals surface area contributed by atoms with Crippen molar-refractivity contribution in [2.45, 2.75) is 0 Å². The van der Waals surface area contributed by atoms with Crippen molar-refractivity contribution in [3.05, 3.63) is 23.5 Å². The molecule has 212 valence electrons. The lowest BCUT2D eigenvalue weighted by molar-refractivity contribution is -0.471. The highest BCUT2D eigenvalue weighted by molar-refractivity contribution is 6.27. The van der Waals surface area contributed by atoms with Crippen LogP contribution in [-0.2, 0) is 0 Å². The summed E-state index contributed by atoms with van der Waals surface area (Å²) in [4.78, 5) is 18.2. The van der Waals surface area contributed by atoms with E-state index in [1.54, 1.807) is 0 Å². The summed E-state index contributed by atoms with van der Waals surface area (Å²) in [5.41, 5.74) is 3.22. The Bertz CT molecular complexity index is 1030. The highest BCUT2D eigenvalue weighted by Crippen LogP contribution is 2.14. The molecule has 38 heavy (non-hydrogen) atoms. The van der Waals surface area contributed by atoms with Gasteiger partial charge in [0.25, 0.3) is 0 Å². The van der Waals surface area contributed by atoms with Crippen LogP contribution in [0.25, 0.3) is 0 Å². The fraction of sp³-hybridized carbons (Fsp3) is 0.615. The summed E-state index contributed by atoms with van der Waals surface area (Å²) in [5.74, 6) is 3.47. The van der Waals surface area contributed by atoms with E-state index in [0.29, 0.717) is 0 Å². The van der Waals surface area contributed by atoms with Gasteiger partial charge in [0.05, 0.1) is 113 Å². The number of allylic oxidation sites excluding steroid dienone is 2. The Kier molecular flexibility index (Phi) is 11.7. The van der Waals surface area contributed by atoms with E-state index in [2.05, 4.69) is 10.6 Å². The Hall–Kier alpha value is -3.70. The van der Waals surface area contributed by atoms with Crippen LogP contribution in [0.5, 0.6) is 0 Å². The summed E-state index contributed by atoms with van der Waals surface area (Å²) >= 11 is 0. The van der Waals surface area contributed by atoms with Gasteiger partial charge in [0.2, 0.25) is 0 Å². The van der Waals surface area contributed by atoms with E-state index in [9.17, 15) is 0 Å². The minimum Gasteiger partial charge on any atom is -0.270 e. The number of hydrogen-bond donors (Lipinski definition) is 2. The van der Waals surface area contributed by atoms with E-state index < -0.39 is 0 Å². The zero-order valence-corrected chi connectivity index (χ0v) is 26.6. The summed E-state index contributed by atoms with van der Waals surface area (Å²) in [6.07, 6.45) is 4.10. The molecule has 1 rings (SSSR count). The van der Waals surface area contributed by atoms with E-state index in [1.165, 1.54) is 0 Å². The van der Waals surface area contributed by atoms with Gasteiger partial charge >= 0.3 is 23.8 Å². The van der Waals surface area contributed by atoms with Crippen molar-refractivity contribution in [3.63, 3.8) is 0 Å². The molecule has 0 unspecified atom stereocenters. The summed E-state index contributed by atoms with van der Waals surface area (Å²) in [7, 11) is 32.0. The fourth-order valence-electron chi connectivity index (χ4n) is 3.87. The number of rotatable bonds is 2. The minimum absolute atomic E-state index is 0.776. The molecule has 0 aliphatic heterocycles. The first-order valence-electron chi connectivity index (χ1n) is 12.5. The van der Waals surface area contributed by atoms with E-state index in [0.717, 1.165) is 46.7 Å². The molecule has 0 heterocycles. The molecule has 1 aliphatic carbocycles. The van der Waals surface area contributed by atoms with Gasteiger partial charge in [-0.1, -0.05) is 9.98 Å². The van der Waals surface area contributed by atoms with Crippen LogP contribution < -0.4 is 10.6 Å². The molecule has 2 N–H and O–H groups in total. The first kappa shape index (κ1) is 32.3. The second-order valence-electron chi connectivity index (χ2n) is 10.8. The maximum atomic E-state index is 5.09. The van der Waals surface area contributed by atoms with Crippen LogP contribution in [0.4, 0.5) is 0 Å². The topological polar surface area (TPSA) is 73.8 Å². The maximum Gasteiger partial charge on any atom is 0.389 e. The summed E-state index contributed by atoms with van der Waals surface area (Å²) in [6, 6.07) is 0. The molecule has 12 nitrogen and oxygen atoms in total. The van der Waals surface area contributed by atoms with Gasteiger partial charge in [-0.15, -0.1) is 0 Å². The second kappa shape index (κ2) is 13.7. The van der Waals surface area contributed by atoms with Gasteiger partial charge in [0, 0.05) is 12.2 Å². The van der Waals surface area contributed by atoms with Gasteiger partial charge in [0.15, 0.2) is 11.4 Å². The minimum atomic E-state index is 0.776. The molecule has 0 aromatic carbocycles. The zero-order chi connectivity index (χ0) is 29.5. The number of nitrogens with zero attached hydrogens (tertiary/aromatic N) is 10. The van der Waals surface area contributed by atoms with Crippen LogP contribution in [-0.4, -0.2) is 186 Å². The molecule has 0 saturated carbocycles. The first-order valence-corrected chi connectivity index (χ1v) is 12.5. The molecule has 0 atom stereocenters. The van der Waals surface area contributed by atoms with Crippen molar-refractivity contribution in [2.24, 2.45) is 9.98 Å². The van der Waals surface area contributed by atoms with Gasteiger partial charge in [-0.2, -0.15) is 0 Å². The van der Waals surface area contributed by atoms with Crippen LogP contribution in [0.3, 0.4) is 0 Å². The zero-order valence-electron chi connectivity index (χ0n) is 26.6. The van der Waals surface area contributed by atoms with Gasteiger partial charge < -0.3 is 0 Å². The second-order valence-corrected chi connectivity index (χ2v) is 10.8. The summed E-state index contributed by atoms with van der Waals surface area (Å²) < 4.78 is 8.07. The lowest BCUT2D eigenvalue weighted by Crippen LogP contribution is -2.46. The van der Waals surface area contributed by atoms with E-state index in [1.807, 2.05) is 163 Å². The third-order valence-electron chi connectivity index (χ3n) is 5.34. The van der Waals surface area contributed by atoms with Gasteiger partial charge in [0.1, 0.15) is 11.4 Å². The normalized spacial score (nSPS) is 14.7. The largest absolute Gasteiger partial charge is 0.389 e. The Labute approximate surface area is 230 Å². The van der Waals surface area contributed by atoms with Crippen LogP contribution in [0, 0.1) is 0 Å². The molecular weight excluding hydrogens is 480 g/mol. The number of hydrogen-bond acceptors (Lipinski definition) is 0. The monoisotopic (exact) mass is 532 g/mol. The number of aliphatic imine (C=N–C) groups is 2. The van der Waals surface area contributed by atoms with Crippen molar-refractivity contribution in [2.75, 3.05) is 113 Å². The molecule has 0 bridgehead atoms. The Morgan fingerprint density at radius 2 is 0.789 bits per heavy atom. The standard InChI is InChI=1S/C26H50N12/c1-31(2)23(32(3)4)27-19-17-21(29-25(35(9)10)36(11)12)22(30-26(37(13)14)38(15)16)18-20(19)28-24(33(5)6)34(7)8/h17-18H,1-16H3/q+2/p+2. The molecule has 0 aromatic heterocycles. The number of guanidine groups is 4. The lowest BCUT2D eigenvalue weighted by Gasteiger charge is -2.19. The van der Waals surface area contributed by atoms with Crippen LogP contribution in [0.2, 0.25) is 0 Å². The van der Waals surface area contributed by atoms with Gasteiger partial charge in [-0.3, -0.25) is 37.9 Å². The molecule has 0 radical (unpaired) electrons. The Morgan fingerprint density at radius 1 is 0.500 bits per heavy atom. The molecule has 0 saturated heterocycles. The maximum absolute atomic E-state index is 5.09. The summed E-state index contributed by atoms with van der Waals surface area (Å²) in [6.45, 7) is 0. The predicted octanol–water partition coefficient (Wildman–Crippen LogP) is -1.41. The Balaban J connectivity index is 4.10. The van der Waals surface area contributed by atoms with Crippen molar-refractivity contribution in [3.8, 4) is 0 Å². The van der Waals surface area contributed by atoms with Crippen molar-refractivity contribution >= 4 is 35.3 Å². The highest BCUT2D eigenvalue weighted by Gasteiger charge is 2.32. The SMILES string of the molecule is CN(C)C(/N=C1C=C(NC(N(C)C)=[N+](C)C)/C(=N/C(N(C)C)=[N+](C)C)C=C\1NC(N(C)C)=[N+](C)C)=[N+](C)C. The third-order valence-corrected chi connectivity index (χ3v) is 5.34. The van der Waals surface area contributed by atoms with E-state index in [4.69, 9.17) is 9.98 Å². The van der Waals surface area contributed by atoms with Gasteiger partial charge in [-0.25, -0.2) is 10.6 Å². The third kappa shape index (κ3) is 8.70. The molecule has 1 aliphatic rings. The van der Waals surface area contributed by atoms with Crippen molar-refractivity contribution < 1.29 is 18.3 Å². The molecular formula is C26H52N12+4. The summed E-state index contributed by atoms with van der Waals surface area (Å²) in [5, 5.41) is 7.20. The lowest BCUT2D eigenvalue weighted by atomic mass is 10.0. The average molecular weight is 533 g/mol. The Morgan fingerprint density at radius 3 is 0.974 bits per heavy atom. The fourth-order valence-corrected chi connectivity index (χ4v) is 3.87. The molecule has 0 fully saturated rings. The first-order chi connectivity index (χ1) is 17.5. The van der Waals surface area contributed by atoms with Crippen molar-refractivity contribution in [1.82, 2.24) is 30.2 Å². The van der Waals surface area contributed by atoms with E-state index >= 15 is 0 Å². The van der Waals surface area contributed by atoms with Crippen molar-refractivity contribution in [1.29, 1.82) is 0 Å². The van der Waals surface area contributed by atoms with Crippen LogP contribution in [0.1, 0.15) is 0 Å². The molecule has 0 spiro atoms. The van der Waals surface area contributed by atoms with Crippen LogP contribution in [0.15, 0.2) is 33.5 Å². The molecule has 12 heteroatoms. The van der Waals surface area contributed by atoms with Crippen LogP contribution >= 0.6 is 0 Å².